The van der Waals surface area contributed by atoms with E-state index in [1.165, 1.54) is 72.3 Å². The minimum absolute atomic E-state index is 1.15. The summed E-state index contributed by atoms with van der Waals surface area (Å²) in [7, 11) is 0. The van der Waals surface area contributed by atoms with Crippen molar-refractivity contribution in [3.63, 3.8) is 0 Å². The molecule has 1 heteroatoms. The van der Waals surface area contributed by atoms with Crippen molar-refractivity contribution in [3.05, 3.63) is 205 Å². The average molecular weight is 646 g/mol. The largest absolute Gasteiger partial charge is 0.264 e. The van der Waals surface area contributed by atoms with Gasteiger partial charge in [0.15, 0.2) is 0 Å². The zero-order valence-electron chi connectivity index (χ0n) is 29.3. The molecule has 0 unspecified atom stereocenters. The second kappa shape index (κ2) is 16.4. The van der Waals surface area contributed by atoms with E-state index in [0.29, 0.717) is 0 Å². The Balaban J connectivity index is 0.000000204. The van der Waals surface area contributed by atoms with E-state index in [9.17, 15) is 0 Å². The molecule has 50 heavy (non-hydrogen) atoms. The fraction of sp³-hybridized carbons (Fsp3) is 0.0816. The summed E-state index contributed by atoms with van der Waals surface area (Å²) in [6.45, 7) is 8.47. The van der Waals surface area contributed by atoms with Gasteiger partial charge in [0.25, 0.3) is 0 Å². The standard InChI is InChI=1S/C32H26.C17H17N/c1-23-10-9-12-27(22-23)31-16-6-5-14-29(31)25-18-20-26(21-19-25)30-15-7-8-17-32(30)28-13-4-3-11-24(28)2;1-3-4-7-14(2)15-8-5-9-16(12-15)17-10-6-11-18-13-17/h3-22H,1-2H3;3-13H,1-2H3/b;4-3-,14-7+. The number of aryl methyl sites for hydroxylation is 2. The first-order valence-electron chi connectivity index (χ1n) is 17.2. The third-order valence-corrected chi connectivity index (χ3v) is 8.98. The molecule has 0 aliphatic rings. The van der Waals surface area contributed by atoms with Crippen LogP contribution < -0.4 is 0 Å². The van der Waals surface area contributed by atoms with Gasteiger partial charge >= 0.3 is 0 Å². The third-order valence-electron chi connectivity index (χ3n) is 8.98. The summed E-state index contributed by atoms with van der Waals surface area (Å²) in [6.07, 6.45) is 9.91. The molecule has 0 bridgehead atoms. The van der Waals surface area contributed by atoms with Crippen LogP contribution in [0.25, 0.3) is 61.2 Å². The van der Waals surface area contributed by atoms with Crippen LogP contribution in [0.2, 0.25) is 0 Å². The highest BCUT2D eigenvalue weighted by atomic mass is 14.6. The zero-order valence-corrected chi connectivity index (χ0v) is 29.3. The number of pyridine rings is 1. The number of hydrogen-bond acceptors (Lipinski definition) is 1. The fourth-order valence-electron chi connectivity index (χ4n) is 6.29. The molecule has 0 saturated carbocycles. The number of aromatic nitrogens is 1. The maximum Gasteiger partial charge on any atom is 0.0346 e. The molecule has 0 atom stereocenters. The highest BCUT2D eigenvalue weighted by molar-refractivity contribution is 5.88. The smallest absolute Gasteiger partial charge is 0.0346 e. The first kappa shape index (κ1) is 33.8. The van der Waals surface area contributed by atoms with Gasteiger partial charge in [-0.1, -0.05) is 169 Å². The summed E-state index contributed by atoms with van der Waals surface area (Å²) in [4.78, 5) is 4.16. The lowest BCUT2D eigenvalue weighted by Crippen LogP contribution is -1.89. The van der Waals surface area contributed by atoms with Crippen LogP contribution in [0.1, 0.15) is 30.5 Å². The Morgan fingerprint density at radius 1 is 0.480 bits per heavy atom. The van der Waals surface area contributed by atoms with Crippen LogP contribution in [-0.4, -0.2) is 4.98 Å². The van der Waals surface area contributed by atoms with Crippen molar-refractivity contribution in [1.29, 1.82) is 0 Å². The summed E-state index contributed by atoms with van der Waals surface area (Å²) in [5, 5.41) is 0. The van der Waals surface area contributed by atoms with E-state index < -0.39 is 0 Å². The molecule has 1 heterocycles. The predicted molar refractivity (Wildman–Crippen MR) is 216 cm³/mol. The maximum absolute atomic E-state index is 4.16. The summed E-state index contributed by atoms with van der Waals surface area (Å²) in [6, 6.07) is 56.3. The Morgan fingerprint density at radius 2 is 1.04 bits per heavy atom. The molecule has 0 N–H and O–H groups in total. The van der Waals surface area contributed by atoms with Gasteiger partial charge in [0.1, 0.15) is 0 Å². The number of allylic oxidation sites excluding steroid dienone is 4. The van der Waals surface area contributed by atoms with Crippen molar-refractivity contribution < 1.29 is 0 Å². The van der Waals surface area contributed by atoms with Crippen LogP contribution in [0.4, 0.5) is 0 Å². The number of rotatable bonds is 7. The molecule has 0 amide bonds. The van der Waals surface area contributed by atoms with Gasteiger partial charge < -0.3 is 0 Å². The molecule has 1 aromatic heterocycles. The predicted octanol–water partition coefficient (Wildman–Crippen LogP) is 13.7. The van der Waals surface area contributed by atoms with Crippen molar-refractivity contribution in [3.8, 4) is 55.6 Å². The lowest BCUT2D eigenvalue weighted by molar-refractivity contribution is 1.33. The quantitative estimate of drug-likeness (QED) is 0.157. The van der Waals surface area contributed by atoms with Crippen LogP contribution in [0, 0.1) is 13.8 Å². The fourth-order valence-corrected chi connectivity index (χ4v) is 6.29. The van der Waals surface area contributed by atoms with Crippen LogP contribution in [-0.2, 0) is 0 Å². The molecule has 0 saturated heterocycles. The van der Waals surface area contributed by atoms with Crippen molar-refractivity contribution >= 4 is 5.57 Å². The molecular formula is C49H43N. The highest BCUT2D eigenvalue weighted by Crippen LogP contribution is 2.37. The summed E-state index contributed by atoms with van der Waals surface area (Å²) >= 11 is 0. The van der Waals surface area contributed by atoms with Crippen LogP contribution in [0.15, 0.2) is 188 Å². The van der Waals surface area contributed by atoms with Crippen LogP contribution in [0.5, 0.6) is 0 Å². The molecule has 0 aliphatic carbocycles. The van der Waals surface area contributed by atoms with Crippen LogP contribution >= 0.6 is 0 Å². The van der Waals surface area contributed by atoms with Gasteiger partial charge in [0.05, 0.1) is 0 Å². The Morgan fingerprint density at radius 3 is 1.66 bits per heavy atom. The highest BCUT2D eigenvalue weighted by Gasteiger charge is 2.11. The molecule has 7 rings (SSSR count). The molecule has 244 valence electrons. The number of benzene rings is 6. The summed E-state index contributed by atoms with van der Waals surface area (Å²) in [5.74, 6) is 0. The monoisotopic (exact) mass is 645 g/mol. The lowest BCUT2D eigenvalue weighted by atomic mass is 9.90. The van der Waals surface area contributed by atoms with Crippen molar-refractivity contribution in [1.82, 2.24) is 4.98 Å². The minimum atomic E-state index is 1.15. The summed E-state index contributed by atoms with van der Waals surface area (Å²) in [5.41, 5.74) is 17.5. The Kier molecular flexibility index (Phi) is 11.1. The molecule has 6 aromatic carbocycles. The van der Waals surface area contributed by atoms with Crippen molar-refractivity contribution in [2.24, 2.45) is 0 Å². The van der Waals surface area contributed by atoms with E-state index in [4.69, 9.17) is 0 Å². The topological polar surface area (TPSA) is 12.9 Å². The molecule has 0 radical (unpaired) electrons. The van der Waals surface area contributed by atoms with Gasteiger partial charge in [-0.3, -0.25) is 4.98 Å². The van der Waals surface area contributed by atoms with Gasteiger partial charge in [-0.25, -0.2) is 0 Å². The summed E-state index contributed by atoms with van der Waals surface area (Å²) < 4.78 is 0. The second-order valence-corrected chi connectivity index (χ2v) is 12.6. The Hall–Kier alpha value is -6.05. The Labute approximate surface area is 298 Å². The van der Waals surface area contributed by atoms with E-state index in [1.807, 2.05) is 25.3 Å². The van der Waals surface area contributed by atoms with Crippen molar-refractivity contribution in [2.45, 2.75) is 27.7 Å². The minimum Gasteiger partial charge on any atom is -0.264 e. The number of nitrogens with zero attached hydrogens (tertiary/aromatic N) is 1. The Bertz CT molecular complexity index is 2240. The van der Waals surface area contributed by atoms with Crippen LogP contribution in [0.3, 0.4) is 0 Å². The SMILES string of the molecule is C/C=C\C=C(/C)c1cccc(-c2cccnc2)c1.Cc1cccc(-c2ccccc2-c2ccc(-c3ccccc3-c3ccccc3C)cc2)c1. The molecular weight excluding hydrogens is 603 g/mol. The molecule has 0 spiro atoms. The molecule has 0 fully saturated rings. The van der Waals surface area contributed by atoms with E-state index in [1.54, 1.807) is 6.20 Å². The average Bonchev–Trinajstić information content (AvgIpc) is 3.18. The normalized spacial score (nSPS) is 11.2. The maximum atomic E-state index is 4.16. The van der Waals surface area contributed by atoms with E-state index in [2.05, 4.69) is 190 Å². The van der Waals surface area contributed by atoms with Gasteiger partial charge in [-0.2, -0.15) is 0 Å². The van der Waals surface area contributed by atoms with E-state index in [-0.39, 0.29) is 0 Å². The van der Waals surface area contributed by atoms with Crippen molar-refractivity contribution in [2.75, 3.05) is 0 Å². The molecule has 1 nitrogen and oxygen atoms in total. The van der Waals surface area contributed by atoms with Gasteiger partial charge in [0.2, 0.25) is 0 Å². The zero-order chi connectivity index (χ0) is 34.7. The van der Waals surface area contributed by atoms with Gasteiger partial charge in [-0.15, -0.1) is 0 Å². The first-order valence-corrected chi connectivity index (χ1v) is 17.2. The second-order valence-electron chi connectivity index (χ2n) is 12.6. The molecule has 0 aliphatic heterocycles. The van der Waals surface area contributed by atoms with Gasteiger partial charge in [0, 0.05) is 18.0 Å². The van der Waals surface area contributed by atoms with Gasteiger partial charge in [-0.05, 0) is 107 Å². The van der Waals surface area contributed by atoms with E-state index >= 15 is 0 Å². The van der Waals surface area contributed by atoms with E-state index in [0.717, 1.165) is 5.56 Å². The molecule has 7 aromatic rings. The number of hydrogen-bond donors (Lipinski definition) is 0. The lowest BCUT2D eigenvalue weighted by Gasteiger charge is -2.14. The third kappa shape index (κ3) is 8.14. The first-order chi connectivity index (χ1) is 24.5.